The maximum Gasteiger partial charge on any atom is 0.189 e. The summed E-state index contributed by atoms with van der Waals surface area (Å²) in [6.45, 7) is 14.2. The van der Waals surface area contributed by atoms with Gasteiger partial charge >= 0.3 is 0 Å². The summed E-state index contributed by atoms with van der Waals surface area (Å²) < 4.78 is 13.1. The standard InChI is InChI=1S/C57H40N2O2S2/c1-5-13-38-15-11-18-50(44(38)8-4)58(40-24-20-36(6-2)21-25-40)42-28-30-52-46(32-42)48-34-54(62-56(48)60-52)55-35-49-47-33-43(29-31-53(47)61-57(49)63-55)59(41-26-22-37(7-3)23-27-41)51-19-12-16-39-14-9-10-17-45(39)51/h5-35H,2-4H2,1H3. The number of thiophene rings is 2. The number of benzene rings is 7. The Bertz CT molecular complexity index is 3590. The van der Waals surface area contributed by atoms with Gasteiger partial charge in [-0.05, 0) is 114 Å². The molecule has 0 radical (unpaired) electrons. The molecule has 0 N–H and O–H groups in total. The summed E-state index contributed by atoms with van der Waals surface area (Å²) in [6, 6.07) is 56.0. The van der Waals surface area contributed by atoms with Crippen LogP contribution in [0, 0.1) is 0 Å². The zero-order chi connectivity index (χ0) is 42.6. The van der Waals surface area contributed by atoms with E-state index in [-0.39, 0.29) is 0 Å². The number of fused-ring (bicyclic) bond motifs is 7. The number of furan rings is 2. The summed E-state index contributed by atoms with van der Waals surface area (Å²) in [5, 5.41) is 6.69. The highest BCUT2D eigenvalue weighted by Crippen LogP contribution is 2.48. The van der Waals surface area contributed by atoms with Gasteiger partial charge in [-0.2, -0.15) is 0 Å². The number of allylic oxidation sites excluding steroid dienone is 1. The van der Waals surface area contributed by atoms with Crippen molar-refractivity contribution in [1.82, 2.24) is 0 Å². The van der Waals surface area contributed by atoms with Gasteiger partial charge < -0.3 is 18.6 Å². The van der Waals surface area contributed by atoms with Crippen molar-refractivity contribution in [2.24, 2.45) is 0 Å². The molecule has 0 amide bonds. The molecule has 11 aromatic rings. The fourth-order valence-electron chi connectivity index (χ4n) is 8.72. The van der Waals surface area contributed by atoms with Crippen LogP contribution in [0.3, 0.4) is 0 Å². The molecule has 0 aliphatic heterocycles. The molecule has 4 nitrogen and oxygen atoms in total. The zero-order valence-corrected chi connectivity index (χ0v) is 36.2. The van der Waals surface area contributed by atoms with E-state index in [9.17, 15) is 0 Å². The molecule has 0 bridgehead atoms. The molecule has 0 aliphatic rings. The van der Waals surface area contributed by atoms with E-state index in [0.29, 0.717) is 0 Å². The number of anilines is 6. The summed E-state index contributed by atoms with van der Waals surface area (Å²) in [5.41, 5.74) is 12.4. The first-order chi connectivity index (χ1) is 31.0. The zero-order valence-electron chi connectivity index (χ0n) is 34.5. The Labute approximate surface area is 373 Å². The predicted molar refractivity (Wildman–Crippen MR) is 274 cm³/mol. The van der Waals surface area contributed by atoms with Gasteiger partial charge in [0.1, 0.15) is 11.2 Å². The average molecular weight is 849 g/mol. The molecule has 63 heavy (non-hydrogen) atoms. The molecule has 11 rings (SSSR count). The van der Waals surface area contributed by atoms with E-state index in [0.717, 1.165) is 109 Å². The SMILES string of the molecule is C=Cc1ccc(N(c2ccc3oc4sc(-c5cc6c(oc7ccc(N(c8ccc(C=C)cc8)c8cccc9ccccc89)cc76)s5)cc4c3c2)c2cccc(C=CC)c2C=C)cc1. The number of rotatable bonds is 11. The van der Waals surface area contributed by atoms with Gasteiger partial charge in [0.25, 0.3) is 0 Å². The lowest BCUT2D eigenvalue weighted by Gasteiger charge is -2.28. The Morgan fingerprint density at radius 2 is 0.968 bits per heavy atom. The van der Waals surface area contributed by atoms with Crippen LogP contribution in [-0.2, 0) is 0 Å². The second-order valence-electron chi connectivity index (χ2n) is 15.4. The van der Waals surface area contributed by atoms with Crippen LogP contribution in [0.25, 0.3) is 87.3 Å². The van der Waals surface area contributed by atoms with Crippen LogP contribution < -0.4 is 9.80 Å². The van der Waals surface area contributed by atoms with E-state index in [2.05, 4.69) is 199 Å². The Morgan fingerprint density at radius 3 is 1.52 bits per heavy atom. The molecule has 0 aliphatic carbocycles. The molecule has 0 unspecified atom stereocenters. The van der Waals surface area contributed by atoms with E-state index >= 15 is 0 Å². The maximum atomic E-state index is 6.56. The van der Waals surface area contributed by atoms with Crippen LogP contribution in [0.2, 0.25) is 0 Å². The third kappa shape index (κ3) is 6.59. The normalized spacial score (nSPS) is 11.7. The van der Waals surface area contributed by atoms with Crippen LogP contribution in [0.15, 0.2) is 192 Å². The van der Waals surface area contributed by atoms with Gasteiger partial charge in [0, 0.05) is 65.0 Å². The van der Waals surface area contributed by atoms with Crippen molar-refractivity contribution >= 4 is 134 Å². The average Bonchev–Trinajstić information content (AvgIpc) is 4.10. The molecule has 6 heteroatoms. The second kappa shape index (κ2) is 15.7. The molecular formula is C57H40N2O2S2. The summed E-state index contributed by atoms with van der Waals surface area (Å²) in [6.07, 6.45) is 9.88. The smallest absolute Gasteiger partial charge is 0.189 e. The highest BCUT2D eigenvalue weighted by atomic mass is 32.1. The van der Waals surface area contributed by atoms with Crippen LogP contribution >= 0.6 is 22.7 Å². The number of nitrogens with zero attached hydrogens (tertiary/aromatic N) is 2. The van der Waals surface area contributed by atoms with Crippen LogP contribution in [0.1, 0.15) is 29.2 Å². The molecule has 0 saturated heterocycles. The first-order valence-corrected chi connectivity index (χ1v) is 22.5. The van der Waals surface area contributed by atoms with Gasteiger partial charge in [-0.1, -0.05) is 146 Å². The lowest BCUT2D eigenvalue weighted by Crippen LogP contribution is -2.11. The largest absolute Gasteiger partial charge is 0.445 e. The highest BCUT2D eigenvalue weighted by Gasteiger charge is 2.22. The summed E-state index contributed by atoms with van der Waals surface area (Å²) in [5.74, 6) is 0. The molecule has 302 valence electrons. The maximum absolute atomic E-state index is 6.56. The monoisotopic (exact) mass is 848 g/mol. The van der Waals surface area contributed by atoms with Crippen molar-refractivity contribution in [1.29, 1.82) is 0 Å². The molecule has 0 saturated carbocycles. The molecule has 0 atom stereocenters. The van der Waals surface area contributed by atoms with Gasteiger partial charge in [-0.15, -0.1) is 0 Å². The summed E-state index contributed by atoms with van der Waals surface area (Å²) >= 11 is 3.35. The van der Waals surface area contributed by atoms with Crippen molar-refractivity contribution < 1.29 is 8.83 Å². The topological polar surface area (TPSA) is 32.8 Å². The third-order valence-electron chi connectivity index (χ3n) is 11.8. The first kappa shape index (κ1) is 38.3. The van der Waals surface area contributed by atoms with E-state index in [1.807, 2.05) is 25.2 Å². The quantitative estimate of drug-likeness (QED) is 0.130. The van der Waals surface area contributed by atoms with E-state index in [4.69, 9.17) is 8.83 Å². The summed E-state index contributed by atoms with van der Waals surface area (Å²) in [4.78, 5) is 8.71. The fraction of sp³-hybridized carbons (Fsp3) is 0.0175. The minimum absolute atomic E-state index is 0.855. The predicted octanol–water partition coefficient (Wildman–Crippen LogP) is 18.3. The Morgan fingerprint density at radius 1 is 0.460 bits per heavy atom. The Hall–Kier alpha value is -7.64. The van der Waals surface area contributed by atoms with E-state index in [1.165, 1.54) is 10.8 Å². The van der Waals surface area contributed by atoms with Crippen molar-refractivity contribution in [2.45, 2.75) is 6.92 Å². The molecule has 4 aromatic heterocycles. The van der Waals surface area contributed by atoms with Crippen LogP contribution in [-0.4, -0.2) is 0 Å². The number of hydrogen-bond acceptors (Lipinski definition) is 6. The Balaban J connectivity index is 1.01. The Kier molecular flexibility index (Phi) is 9.53. The van der Waals surface area contributed by atoms with Gasteiger partial charge in [0.05, 0.1) is 11.4 Å². The summed E-state index contributed by atoms with van der Waals surface area (Å²) in [7, 11) is 0. The lowest BCUT2D eigenvalue weighted by molar-refractivity contribution is 0.677. The fourth-order valence-corrected chi connectivity index (χ4v) is 10.9. The van der Waals surface area contributed by atoms with E-state index < -0.39 is 0 Å². The van der Waals surface area contributed by atoms with Crippen molar-refractivity contribution in [3.8, 4) is 9.75 Å². The van der Waals surface area contributed by atoms with Gasteiger partial charge in [-0.3, -0.25) is 0 Å². The lowest BCUT2D eigenvalue weighted by atomic mass is 10.0. The second-order valence-corrected chi connectivity index (χ2v) is 17.5. The first-order valence-electron chi connectivity index (χ1n) is 20.9. The van der Waals surface area contributed by atoms with Crippen molar-refractivity contribution in [3.63, 3.8) is 0 Å². The van der Waals surface area contributed by atoms with E-state index in [1.54, 1.807) is 22.7 Å². The molecule has 7 aromatic carbocycles. The van der Waals surface area contributed by atoms with Gasteiger partial charge in [-0.25, -0.2) is 0 Å². The van der Waals surface area contributed by atoms with Crippen molar-refractivity contribution in [2.75, 3.05) is 9.80 Å². The molecule has 0 spiro atoms. The minimum atomic E-state index is 0.855. The minimum Gasteiger partial charge on any atom is -0.445 e. The van der Waals surface area contributed by atoms with Gasteiger partial charge in [0.15, 0.2) is 9.79 Å². The highest BCUT2D eigenvalue weighted by molar-refractivity contribution is 7.28. The molecular weight excluding hydrogens is 809 g/mol. The van der Waals surface area contributed by atoms with Crippen LogP contribution in [0.5, 0.6) is 0 Å². The molecule has 0 fully saturated rings. The molecule has 4 heterocycles. The van der Waals surface area contributed by atoms with Gasteiger partial charge in [0.2, 0.25) is 0 Å². The van der Waals surface area contributed by atoms with Crippen LogP contribution in [0.4, 0.5) is 34.1 Å². The third-order valence-corrected chi connectivity index (χ3v) is 14.0. The number of hydrogen-bond donors (Lipinski definition) is 0. The van der Waals surface area contributed by atoms with Crippen molar-refractivity contribution in [3.05, 3.63) is 206 Å².